The molecule has 2 aliphatic carbocycles. The third kappa shape index (κ3) is 13.1. The first kappa shape index (κ1) is 54.2. The van der Waals surface area contributed by atoms with Crippen molar-refractivity contribution in [2.24, 2.45) is 0 Å². The Kier molecular flexibility index (Phi) is 16.5. The van der Waals surface area contributed by atoms with Gasteiger partial charge in [-0.05, 0) is 120 Å². The number of hydrogen-bond donors (Lipinski definition) is 3. The van der Waals surface area contributed by atoms with Crippen molar-refractivity contribution in [3.63, 3.8) is 0 Å². The fraction of sp³-hybridized carbons (Fsp3) is 0.560. The van der Waals surface area contributed by atoms with Crippen LogP contribution in [0.3, 0.4) is 0 Å². The molecular formula is C50H70F4N6O6Si2. The summed E-state index contributed by atoms with van der Waals surface area (Å²) in [6, 6.07) is 7.81. The number of alkyl halides is 2. The lowest BCUT2D eigenvalue weighted by molar-refractivity contribution is 0.00644. The normalized spacial score (nSPS) is 21.7. The van der Waals surface area contributed by atoms with E-state index >= 15 is 8.78 Å². The lowest BCUT2D eigenvalue weighted by atomic mass is 9.84. The van der Waals surface area contributed by atoms with Crippen molar-refractivity contribution in [3.8, 4) is 22.5 Å². The number of carboxylic acid groups (broad SMARTS) is 1. The largest absolute Gasteiger partial charge is 0.478 e. The van der Waals surface area contributed by atoms with Crippen LogP contribution in [0.5, 0.6) is 0 Å². The Hall–Kier alpha value is -4.79. The Labute approximate surface area is 400 Å². The van der Waals surface area contributed by atoms with Gasteiger partial charge in [0.15, 0.2) is 16.6 Å². The van der Waals surface area contributed by atoms with E-state index in [4.69, 9.17) is 30.2 Å². The van der Waals surface area contributed by atoms with Gasteiger partial charge in [0, 0.05) is 23.0 Å². The lowest BCUT2D eigenvalue weighted by Gasteiger charge is -2.42. The average Bonchev–Trinajstić information content (AvgIpc) is 3.21. The molecule has 2 fully saturated rings. The molecule has 6 atom stereocenters. The molecular weight excluding hydrogens is 913 g/mol. The zero-order valence-corrected chi connectivity index (χ0v) is 43.8. The molecule has 0 radical (unpaired) electrons. The molecule has 0 spiro atoms. The molecule has 0 unspecified atom stereocenters. The van der Waals surface area contributed by atoms with Crippen molar-refractivity contribution in [1.29, 1.82) is 0 Å². The summed E-state index contributed by atoms with van der Waals surface area (Å²) in [5.74, 6) is -3.78. The predicted octanol–water partition coefficient (Wildman–Crippen LogP) is 12.4. The molecule has 2 aromatic heterocycles. The molecule has 12 nitrogen and oxygen atoms in total. The summed E-state index contributed by atoms with van der Waals surface area (Å²) in [7, 11) is -4.16. The van der Waals surface area contributed by atoms with E-state index in [0.29, 0.717) is 53.9 Å². The molecule has 18 heteroatoms. The average molecular weight is 983 g/mol. The van der Waals surface area contributed by atoms with Gasteiger partial charge in [0.25, 0.3) is 0 Å². The highest BCUT2D eigenvalue weighted by atomic mass is 28.4. The van der Waals surface area contributed by atoms with E-state index in [9.17, 15) is 18.4 Å². The van der Waals surface area contributed by atoms with Gasteiger partial charge < -0.3 is 30.2 Å². The monoisotopic (exact) mass is 982 g/mol. The highest BCUT2D eigenvalue weighted by molar-refractivity contribution is 6.74. The number of esters is 1. The van der Waals surface area contributed by atoms with E-state index in [1.165, 1.54) is 30.5 Å². The summed E-state index contributed by atoms with van der Waals surface area (Å²) in [6.45, 7) is 26.5. The topological polar surface area (TPSA) is 186 Å². The third-order valence-corrected chi connectivity index (χ3v) is 22.7. The van der Waals surface area contributed by atoms with Crippen LogP contribution in [0, 0.1) is 11.6 Å². The van der Waals surface area contributed by atoms with Crippen molar-refractivity contribution in [2.45, 2.75) is 179 Å². The van der Waals surface area contributed by atoms with Crippen LogP contribution in [-0.2, 0) is 13.6 Å². The first-order valence-electron chi connectivity index (χ1n) is 23.2. The van der Waals surface area contributed by atoms with Crippen molar-refractivity contribution in [1.82, 2.24) is 19.9 Å². The van der Waals surface area contributed by atoms with Gasteiger partial charge >= 0.3 is 11.9 Å². The number of anilines is 2. The van der Waals surface area contributed by atoms with Gasteiger partial charge in [0.2, 0.25) is 0 Å². The van der Waals surface area contributed by atoms with E-state index in [2.05, 4.69) is 87.7 Å². The first-order chi connectivity index (χ1) is 31.3. The van der Waals surface area contributed by atoms with Crippen molar-refractivity contribution >= 4 is 40.2 Å². The molecule has 0 saturated heterocycles. The van der Waals surface area contributed by atoms with Crippen LogP contribution in [0.4, 0.5) is 29.2 Å². The Morgan fingerprint density at radius 1 is 0.647 bits per heavy atom. The van der Waals surface area contributed by atoms with Gasteiger partial charge in [0.1, 0.15) is 52.6 Å². The standard InChI is InChI=1S/C27H39F2N3O3Si.C23H31F2N3O3Si/c1-26(2,3)34-25(33)18-11-9-17(14-19(18)28)23-24(30)31-15-21(32-23)16-10-12-22(20(29)13-16)35-36(7,8)27(4,5)6;1-23(2,3)32(4,5)31-19-9-7-13(10-17(19)25)18-12-27-21(26)20(28-18)14-6-8-15(22(29)30)16(24)11-14/h9,11,14-16,20,22H,10,12-13H2,1-8H3,(H2,30,31);6,8,11-13,17,19H,7,9-10H2,1-5H3,(H2,26,27)(H,29,30)/t16-,20-,22-;13-,17-,19-/m00/s1. The number of carbonyl (C=O) groups is 2. The van der Waals surface area contributed by atoms with E-state index in [0.717, 1.165) is 6.07 Å². The lowest BCUT2D eigenvalue weighted by Crippen LogP contribution is -2.47. The predicted molar refractivity (Wildman–Crippen MR) is 263 cm³/mol. The number of aromatic nitrogens is 4. The maximum absolute atomic E-state index is 15.2. The maximum atomic E-state index is 15.2. The van der Waals surface area contributed by atoms with Gasteiger partial charge in [0.05, 0.1) is 47.1 Å². The zero-order chi connectivity index (χ0) is 50.9. The van der Waals surface area contributed by atoms with Gasteiger partial charge in [-0.2, -0.15) is 0 Å². The molecule has 6 rings (SSSR count). The van der Waals surface area contributed by atoms with Crippen LogP contribution in [0.2, 0.25) is 36.3 Å². The highest BCUT2D eigenvalue weighted by Gasteiger charge is 2.44. The fourth-order valence-corrected chi connectivity index (χ4v) is 10.5. The molecule has 4 aromatic rings. The van der Waals surface area contributed by atoms with Gasteiger partial charge in [-0.15, -0.1) is 0 Å². The number of nitrogen functional groups attached to an aromatic ring is 2. The van der Waals surface area contributed by atoms with Crippen molar-refractivity contribution in [2.75, 3.05) is 11.5 Å². The third-order valence-electron chi connectivity index (χ3n) is 13.7. The number of rotatable bonds is 10. The SMILES string of the molecule is CC(C)(C)OC(=O)c1ccc(-c2nc([C@H]3CC[C@H](O[Si](C)(C)C(C)(C)C)[C@@H](F)C3)cnc2N)cc1F.CC(C)(C)[Si](C)(C)O[C@H]1CC[C@H](c2cnc(N)c(-c3ccc(C(=O)O)c(F)c3)n2)C[C@@H]1F. The maximum Gasteiger partial charge on any atom is 0.341 e. The van der Waals surface area contributed by atoms with Crippen molar-refractivity contribution < 1.29 is 45.8 Å². The van der Waals surface area contributed by atoms with Gasteiger partial charge in [-0.1, -0.05) is 53.7 Å². The minimum atomic E-state index is -2.08. The Bertz CT molecular complexity index is 2460. The molecule has 68 heavy (non-hydrogen) atoms. The number of carboxylic acids is 1. The van der Waals surface area contributed by atoms with Crippen LogP contribution in [0.15, 0.2) is 48.8 Å². The number of nitrogens with two attached hydrogens (primary N) is 2. The van der Waals surface area contributed by atoms with Crippen LogP contribution >= 0.6 is 0 Å². The van der Waals surface area contributed by atoms with E-state index in [1.807, 2.05) is 0 Å². The summed E-state index contributed by atoms with van der Waals surface area (Å²) in [6.07, 6.45) is 3.18. The fourth-order valence-electron chi connectivity index (χ4n) is 7.73. The number of carbonyl (C=O) groups excluding carboxylic acids is 1. The smallest absolute Gasteiger partial charge is 0.341 e. The molecule has 5 N–H and O–H groups in total. The number of aromatic carboxylic acids is 1. The Balaban J connectivity index is 0.000000256. The molecule has 0 bridgehead atoms. The summed E-state index contributed by atoms with van der Waals surface area (Å²) in [5.41, 5.74) is 13.2. The van der Waals surface area contributed by atoms with Crippen LogP contribution in [0.25, 0.3) is 22.5 Å². The number of hydrogen-bond acceptors (Lipinski definition) is 11. The summed E-state index contributed by atoms with van der Waals surface area (Å²) in [4.78, 5) is 41.0. The highest BCUT2D eigenvalue weighted by Crippen LogP contribution is 2.44. The minimum absolute atomic E-state index is 0.00631. The summed E-state index contributed by atoms with van der Waals surface area (Å²) in [5, 5.41) is 9.04. The summed E-state index contributed by atoms with van der Waals surface area (Å²) < 4.78 is 77.2. The Morgan fingerprint density at radius 3 is 1.35 bits per heavy atom. The number of benzene rings is 2. The van der Waals surface area contributed by atoms with E-state index in [1.54, 1.807) is 33.0 Å². The van der Waals surface area contributed by atoms with Crippen LogP contribution in [-0.4, -0.2) is 83.8 Å². The Morgan fingerprint density at radius 2 is 1.03 bits per heavy atom. The van der Waals surface area contributed by atoms with Crippen LogP contribution < -0.4 is 11.5 Å². The van der Waals surface area contributed by atoms with Gasteiger partial charge in [-0.25, -0.2) is 47.1 Å². The second-order valence-corrected chi connectivity index (χ2v) is 31.7. The molecule has 2 aromatic carbocycles. The molecule has 372 valence electrons. The summed E-state index contributed by atoms with van der Waals surface area (Å²) >= 11 is 0. The minimum Gasteiger partial charge on any atom is -0.478 e. The number of halogens is 4. The second-order valence-electron chi connectivity index (χ2n) is 22.1. The molecule has 2 heterocycles. The number of nitrogens with zero attached hydrogens (tertiary/aromatic N) is 4. The molecule has 2 aliphatic rings. The van der Waals surface area contributed by atoms with Crippen LogP contribution in [0.1, 0.15) is 145 Å². The molecule has 2 saturated carbocycles. The van der Waals surface area contributed by atoms with Gasteiger partial charge in [-0.3, -0.25) is 0 Å². The zero-order valence-electron chi connectivity index (χ0n) is 41.8. The molecule has 0 aliphatic heterocycles. The molecule has 0 amide bonds. The quantitative estimate of drug-likeness (QED) is 0.0777. The second kappa shape index (κ2) is 20.7. The van der Waals surface area contributed by atoms with E-state index < -0.39 is 75.9 Å². The first-order valence-corrected chi connectivity index (χ1v) is 29.0. The number of ether oxygens (including phenoxy) is 1. The van der Waals surface area contributed by atoms with E-state index in [-0.39, 0.29) is 57.6 Å². The van der Waals surface area contributed by atoms with Crippen molar-refractivity contribution in [3.05, 3.63) is 82.9 Å².